The van der Waals surface area contributed by atoms with Crippen LogP contribution in [0.25, 0.3) is 22.1 Å². The Morgan fingerprint density at radius 2 is 1.22 bits per heavy atom. The second-order valence-electron chi connectivity index (χ2n) is 6.85. The van der Waals surface area contributed by atoms with Crippen molar-refractivity contribution in [1.29, 1.82) is 0 Å². The van der Waals surface area contributed by atoms with Gasteiger partial charge in [0.05, 0.1) is 50.4 Å². The average molecular weight is 356 g/mol. The number of hydrogen-bond donors (Lipinski definition) is 3. The van der Waals surface area contributed by atoms with Crippen LogP contribution in [0.3, 0.4) is 0 Å². The zero-order chi connectivity index (χ0) is 18.7. The minimum absolute atomic E-state index is 0.202. The van der Waals surface area contributed by atoms with Gasteiger partial charge in [0.2, 0.25) is 0 Å². The van der Waals surface area contributed by atoms with Crippen molar-refractivity contribution < 1.29 is 9.90 Å². The zero-order valence-electron chi connectivity index (χ0n) is 14.8. The van der Waals surface area contributed by atoms with E-state index in [9.17, 15) is 9.90 Å². The summed E-state index contributed by atoms with van der Waals surface area (Å²) in [5.74, 6) is -0.975. The van der Waals surface area contributed by atoms with Crippen molar-refractivity contribution in [2.75, 3.05) is 10.6 Å². The van der Waals surface area contributed by atoms with Crippen molar-refractivity contribution in [1.82, 2.24) is 9.97 Å². The molecule has 0 radical (unpaired) electrons. The number of fused-ring (bicyclic) bond motifs is 4. The lowest BCUT2D eigenvalue weighted by molar-refractivity contribution is 0.0697. The van der Waals surface area contributed by atoms with Crippen LogP contribution in [0.4, 0.5) is 22.7 Å². The number of carboxylic acids is 1. The number of aryl methyl sites for hydroxylation is 2. The fraction of sp³-hybridized carbons (Fsp3) is 0.0952. The van der Waals surface area contributed by atoms with E-state index < -0.39 is 5.97 Å². The Morgan fingerprint density at radius 1 is 0.741 bits per heavy atom. The van der Waals surface area contributed by atoms with Gasteiger partial charge in [-0.3, -0.25) is 0 Å². The molecule has 1 aliphatic rings. The summed E-state index contributed by atoms with van der Waals surface area (Å²) in [5.41, 5.74) is 9.27. The molecule has 0 atom stereocenters. The number of nitrogens with one attached hydrogen (secondary N) is 2. The van der Waals surface area contributed by atoms with Crippen LogP contribution < -0.4 is 10.6 Å². The molecule has 1 aromatic heterocycles. The van der Waals surface area contributed by atoms with Crippen LogP contribution in [0.5, 0.6) is 0 Å². The Hall–Kier alpha value is -3.67. The molecule has 5 rings (SSSR count). The molecule has 6 nitrogen and oxygen atoms in total. The van der Waals surface area contributed by atoms with Gasteiger partial charge in [0, 0.05) is 0 Å². The van der Waals surface area contributed by atoms with E-state index in [1.165, 1.54) is 11.1 Å². The highest BCUT2D eigenvalue weighted by Crippen LogP contribution is 2.41. The first-order valence-corrected chi connectivity index (χ1v) is 8.62. The quantitative estimate of drug-likeness (QED) is 0.370. The van der Waals surface area contributed by atoms with E-state index in [1.807, 2.05) is 12.1 Å². The van der Waals surface area contributed by atoms with Crippen molar-refractivity contribution in [2.24, 2.45) is 0 Å². The first-order valence-electron chi connectivity index (χ1n) is 8.62. The van der Waals surface area contributed by atoms with E-state index in [4.69, 9.17) is 0 Å². The van der Waals surface area contributed by atoms with Gasteiger partial charge in [0.1, 0.15) is 0 Å². The Kier molecular flexibility index (Phi) is 3.12. The Bertz CT molecular complexity index is 1280. The molecule has 6 heteroatoms. The summed E-state index contributed by atoms with van der Waals surface area (Å²) < 4.78 is 0. The molecule has 132 valence electrons. The van der Waals surface area contributed by atoms with Gasteiger partial charge in [-0.25, -0.2) is 14.8 Å². The fourth-order valence-electron chi connectivity index (χ4n) is 3.38. The summed E-state index contributed by atoms with van der Waals surface area (Å²) in [5, 5.41) is 16.1. The van der Waals surface area contributed by atoms with Gasteiger partial charge in [-0.1, -0.05) is 0 Å². The second kappa shape index (κ2) is 5.41. The molecule has 0 bridgehead atoms. The molecule has 4 aromatic rings. The van der Waals surface area contributed by atoms with Gasteiger partial charge in [-0.15, -0.1) is 0 Å². The van der Waals surface area contributed by atoms with Gasteiger partial charge >= 0.3 is 5.97 Å². The number of hydrogen-bond acceptors (Lipinski definition) is 5. The summed E-state index contributed by atoms with van der Waals surface area (Å²) in [6, 6.07) is 12.9. The first-order chi connectivity index (χ1) is 13.0. The maximum atomic E-state index is 11.2. The van der Waals surface area contributed by atoms with Gasteiger partial charge in [0.25, 0.3) is 0 Å². The van der Waals surface area contributed by atoms with Crippen LogP contribution >= 0.6 is 0 Å². The highest BCUT2D eigenvalue weighted by atomic mass is 16.4. The van der Waals surface area contributed by atoms with Crippen LogP contribution in [0, 0.1) is 13.8 Å². The van der Waals surface area contributed by atoms with Gasteiger partial charge in [0.15, 0.2) is 0 Å². The van der Waals surface area contributed by atoms with E-state index >= 15 is 0 Å². The molecule has 0 unspecified atom stereocenters. The number of aromatic carboxylic acids is 1. The fourth-order valence-corrected chi connectivity index (χ4v) is 3.38. The SMILES string of the molecule is Cc1cc2c(cc1C)Nc1cc3nc4cc(C(=O)O)ccc4nc3cc1N2. The third-order valence-corrected chi connectivity index (χ3v) is 4.99. The number of benzene rings is 3. The number of aromatic nitrogens is 2. The third kappa shape index (κ3) is 2.45. The maximum absolute atomic E-state index is 11.2. The lowest BCUT2D eigenvalue weighted by atomic mass is 10.0. The van der Waals surface area contributed by atoms with E-state index in [0.717, 1.165) is 28.3 Å². The van der Waals surface area contributed by atoms with Crippen LogP contribution in [0.15, 0.2) is 42.5 Å². The van der Waals surface area contributed by atoms with Crippen LogP contribution in [0.2, 0.25) is 0 Å². The zero-order valence-corrected chi connectivity index (χ0v) is 14.8. The lowest BCUT2D eigenvalue weighted by Gasteiger charge is -2.24. The van der Waals surface area contributed by atoms with E-state index in [0.29, 0.717) is 16.6 Å². The number of anilines is 4. The third-order valence-electron chi connectivity index (χ3n) is 4.99. The van der Waals surface area contributed by atoms with E-state index in [2.05, 4.69) is 46.6 Å². The number of carbonyl (C=O) groups is 1. The average Bonchev–Trinajstić information content (AvgIpc) is 2.64. The van der Waals surface area contributed by atoms with Crippen molar-refractivity contribution >= 4 is 50.8 Å². The van der Waals surface area contributed by atoms with Crippen molar-refractivity contribution in [3.8, 4) is 0 Å². The van der Waals surface area contributed by atoms with Gasteiger partial charge in [-0.05, 0) is 67.4 Å². The molecule has 1 aliphatic heterocycles. The molecule has 3 N–H and O–H groups in total. The molecule has 27 heavy (non-hydrogen) atoms. The Balaban J connectivity index is 1.67. The molecule has 0 spiro atoms. The van der Waals surface area contributed by atoms with Crippen molar-refractivity contribution in [2.45, 2.75) is 13.8 Å². The predicted octanol–water partition coefficient (Wildman–Crippen LogP) is 4.90. The minimum atomic E-state index is -0.975. The monoisotopic (exact) mass is 356 g/mol. The van der Waals surface area contributed by atoms with Crippen molar-refractivity contribution in [3.05, 3.63) is 59.2 Å². The first kappa shape index (κ1) is 15.6. The second-order valence-corrected chi connectivity index (χ2v) is 6.85. The van der Waals surface area contributed by atoms with E-state index in [-0.39, 0.29) is 5.56 Å². The number of rotatable bonds is 1. The summed E-state index contributed by atoms with van der Waals surface area (Å²) in [6.07, 6.45) is 0. The maximum Gasteiger partial charge on any atom is 0.335 e. The number of carboxylic acid groups (broad SMARTS) is 1. The summed E-state index contributed by atoms with van der Waals surface area (Å²) in [6.45, 7) is 4.18. The highest BCUT2D eigenvalue weighted by molar-refractivity contribution is 5.99. The molecular formula is C21H16N4O2. The molecule has 0 amide bonds. The van der Waals surface area contributed by atoms with Crippen LogP contribution in [0.1, 0.15) is 21.5 Å². The largest absolute Gasteiger partial charge is 0.478 e. The van der Waals surface area contributed by atoms with Gasteiger partial charge < -0.3 is 15.7 Å². The lowest BCUT2D eigenvalue weighted by Crippen LogP contribution is -2.07. The molecule has 0 aliphatic carbocycles. The molecule has 0 fully saturated rings. The smallest absolute Gasteiger partial charge is 0.335 e. The molecule has 3 aromatic carbocycles. The standard InChI is InChI=1S/C21H16N4O2/c1-10-5-14-15(6-11(10)2)24-20-9-18-17(8-19(20)23-14)22-13-4-3-12(21(26)27)7-16(13)25-18/h3-9,23-24H,1-2H3,(H,26,27). The predicted molar refractivity (Wildman–Crippen MR) is 106 cm³/mol. The highest BCUT2D eigenvalue weighted by Gasteiger charge is 2.17. The topological polar surface area (TPSA) is 87.1 Å². The normalized spacial score (nSPS) is 12.2. The summed E-state index contributed by atoms with van der Waals surface area (Å²) >= 11 is 0. The van der Waals surface area contributed by atoms with E-state index in [1.54, 1.807) is 18.2 Å². The Labute approximate surface area is 154 Å². The minimum Gasteiger partial charge on any atom is -0.478 e. The summed E-state index contributed by atoms with van der Waals surface area (Å²) in [4.78, 5) is 20.5. The number of nitrogens with zero attached hydrogens (tertiary/aromatic N) is 2. The molecule has 0 saturated heterocycles. The molecule has 0 saturated carbocycles. The molecule has 2 heterocycles. The van der Waals surface area contributed by atoms with Crippen LogP contribution in [-0.2, 0) is 0 Å². The van der Waals surface area contributed by atoms with Gasteiger partial charge in [-0.2, -0.15) is 0 Å². The Morgan fingerprint density at radius 3 is 1.78 bits per heavy atom. The molecular weight excluding hydrogens is 340 g/mol. The summed E-state index contributed by atoms with van der Waals surface area (Å²) in [7, 11) is 0. The van der Waals surface area contributed by atoms with Crippen molar-refractivity contribution in [3.63, 3.8) is 0 Å². The van der Waals surface area contributed by atoms with Crippen LogP contribution in [-0.4, -0.2) is 21.0 Å².